The molecule has 4 heterocycles. The number of pyridine rings is 1. The number of ether oxygens (including phenoxy) is 2. The van der Waals surface area contributed by atoms with Gasteiger partial charge in [-0.15, -0.1) is 0 Å². The van der Waals surface area contributed by atoms with Crippen molar-refractivity contribution in [2.75, 3.05) is 38.2 Å². The Bertz CT molecular complexity index is 2160. The normalized spacial score (nSPS) is 16.8. The van der Waals surface area contributed by atoms with Crippen molar-refractivity contribution >= 4 is 34.6 Å². The van der Waals surface area contributed by atoms with E-state index in [9.17, 15) is 14.4 Å². The Labute approximate surface area is 353 Å². The van der Waals surface area contributed by atoms with Gasteiger partial charge in [-0.05, 0) is 88.8 Å². The van der Waals surface area contributed by atoms with Crippen LogP contribution >= 0.6 is 0 Å². The molecule has 6 rings (SSSR count). The van der Waals surface area contributed by atoms with Gasteiger partial charge in [-0.25, -0.2) is 18.9 Å². The van der Waals surface area contributed by atoms with Gasteiger partial charge in [-0.3, -0.25) is 14.5 Å². The summed E-state index contributed by atoms with van der Waals surface area (Å²) in [5.74, 6) is -0.884. The third-order valence-corrected chi connectivity index (χ3v) is 11.3. The highest BCUT2D eigenvalue weighted by molar-refractivity contribution is 5.92. The summed E-state index contributed by atoms with van der Waals surface area (Å²) in [6, 6.07) is 12.9. The van der Waals surface area contributed by atoms with Crippen molar-refractivity contribution in [2.45, 2.75) is 125 Å². The van der Waals surface area contributed by atoms with Crippen LogP contribution in [0.5, 0.6) is 0 Å². The van der Waals surface area contributed by atoms with Crippen LogP contribution in [0.1, 0.15) is 97.0 Å². The molecule has 3 amide bonds. The number of aromatic nitrogens is 3. The number of rotatable bonds is 14. The fraction of sp³-hybridized carbons (Fsp3) is 0.543. The number of aryl methyl sites for hydroxylation is 2. The van der Waals surface area contributed by atoms with Crippen LogP contribution in [-0.4, -0.2) is 93.0 Å². The molecule has 0 bridgehead atoms. The summed E-state index contributed by atoms with van der Waals surface area (Å²) in [5.41, 5.74) is 4.96. The molecule has 0 radical (unpaired) electrons. The van der Waals surface area contributed by atoms with Gasteiger partial charge < -0.3 is 30.3 Å². The Kier molecular flexibility index (Phi) is 14.2. The summed E-state index contributed by atoms with van der Waals surface area (Å²) < 4.78 is 28.4. The summed E-state index contributed by atoms with van der Waals surface area (Å²) in [6.07, 6.45) is 3.95. The number of fused-ring (bicyclic) bond motifs is 1. The quantitative estimate of drug-likeness (QED) is 0.120. The molecule has 2 fully saturated rings. The molecule has 0 spiro atoms. The maximum absolute atomic E-state index is 15.3. The van der Waals surface area contributed by atoms with E-state index in [0.717, 1.165) is 57.5 Å². The van der Waals surface area contributed by atoms with Crippen LogP contribution in [0.25, 0.3) is 22.2 Å². The third kappa shape index (κ3) is 11.0. The van der Waals surface area contributed by atoms with Crippen molar-refractivity contribution in [3.63, 3.8) is 0 Å². The van der Waals surface area contributed by atoms with Crippen molar-refractivity contribution in [1.29, 1.82) is 0 Å². The molecule has 0 aliphatic carbocycles. The van der Waals surface area contributed by atoms with Crippen molar-refractivity contribution in [3.05, 3.63) is 76.9 Å². The number of hydrogen-bond donors (Lipinski definition) is 3. The Hall–Kier alpha value is -5.08. The minimum Gasteiger partial charge on any atom is -0.444 e. The predicted molar refractivity (Wildman–Crippen MR) is 232 cm³/mol. The molecular formula is C46H63FN8O5. The standard InChI is InChI=1S/C46H63FN8O5/c1-9-39-36(41(51-34-16-20-59-21-17-34)37-27-50-55(10-2)42(37)52-39)26-49-43(57)46(7,8)24-40(56)48-25-31-14-15-38(47)35(23-31)33-13-11-12-32(22-33)29-53-18-19-54(30(3)28-53)44(58)60-45(4,5)6/h11-15,22-23,27,30,34H,9-10,16-21,24-26,28-29H2,1-8H3,(H,48,56)(H,49,57)(H,51,52)/t30-/m0/s1. The first-order valence-electron chi connectivity index (χ1n) is 21.4. The lowest BCUT2D eigenvalue weighted by Crippen LogP contribution is -2.54. The highest BCUT2D eigenvalue weighted by Crippen LogP contribution is 2.32. The van der Waals surface area contributed by atoms with E-state index in [-0.39, 0.29) is 55.3 Å². The smallest absolute Gasteiger partial charge is 0.410 e. The minimum absolute atomic E-state index is 0.0104. The van der Waals surface area contributed by atoms with E-state index in [1.807, 2.05) is 69.8 Å². The zero-order chi connectivity index (χ0) is 43.2. The molecule has 2 aliphatic rings. The van der Waals surface area contributed by atoms with Crippen LogP contribution in [0.3, 0.4) is 0 Å². The molecule has 2 aromatic carbocycles. The largest absolute Gasteiger partial charge is 0.444 e. The van der Waals surface area contributed by atoms with Crippen molar-refractivity contribution in [2.24, 2.45) is 5.41 Å². The molecule has 2 aliphatic heterocycles. The Morgan fingerprint density at radius 2 is 1.73 bits per heavy atom. The maximum Gasteiger partial charge on any atom is 0.410 e. The number of nitrogens with zero attached hydrogens (tertiary/aromatic N) is 5. The van der Waals surface area contributed by atoms with Gasteiger partial charge >= 0.3 is 6.09 Å². The number of anilines is 1. The Morgan fingerprint density at radius 1 is 0.967 bits per heavy atom. The van der Waals surface area contributed by atoms with E-state index in [0.29, 0.717) is 57.9 Å². The van der Waals surface area contributed by atoms with E-state index >= 15 is 4.39 Å². The average molecular weight is 827 g/mol. The van der Waals surface area contributed by atoms with Crippen LogP contribution in [-0.2, 0) is 51.7 Å². The number of piperazine rings is 1. The van der Waals surface area contributed by atoms with Gasteiger partial charge in [-0.2, -0.15) is 5.10 Å². The van der Waals surface area contributed by atoms with Crippen LogP contribution in [0.15, 0.2) is 48.7 Å². The summed E-state index contributed by atoms with van der Waals surface area (Å²) >= 11 is 0. The van der Waals surface area contributed by atoms with Gasteiger partial charge in [0.05, 0.1) is 22.7 Å². The molecule has 14 heteroatoms. The van der Waals surface area contributed by atoms with E-state index in [1.165, 1.54) is 6.07 Å². The molecule has 2 aromatic heterocycles. The Balaban J connectivity index is 1.06. The maximum atomic E-state index is 15.3. The van der Waals surface area contributed by atoms with Gasteiger partial charge in [0.25, 0.3) is 0 Å². The number of hydrogen-bond acceptors (Lipinski definition) is 9. The molecule has 2 saturated heterocycles. The van der Waals surface area contributed by atoms with E-state index in [2.05, 4.69) is 32.9 Å². The minimum atomic E-state index is -1.01. The van der Waals surface area contributed by atoms with Gasteiger partial charge in [0.2, 0.25) is 11.8 Å². The topological polar surface area (TPSA) is 143 Å². The average Bonchev–Trinajstić information content (AvgIpc) is 3.62. The van der Waals surface area contributed by atoms with Gasteiger partial charge in [0, 0.05) is 94.4 Å². The Morgan fingerprint density at radius 3 is 2.43 bits per heavy atom. The van der Waals surface area contributed by atoms with Crippen LogP contribution in [0.4, 0.5) is 14.9 Å². The molecule has 3 N–H and O–H groups in total. The first-order valence-corrected chi connectivity index (χ1v) is 21.4. The fourth-order valence-electron chi connectivity index (χ4n) is 8.02. The SMILES string of the molecule is CCc1nc2c(cnn2CC)c(NC2CCOCC2)c1CNC(=O)C(C)(C)CC(=O)NCc1ccc(F)c(-c2cccc(CN3CCN(C(=O)OC(C)(C)C)[C@@H](C)C3)c2)c1. The summed E-state index contributed by atoms with van der Waals surface area (Å²) in [5, 5.41) is 15.3. The summed E-state index contributed by atoms with van der Waals surface area (Å²) in [6.45, 7) is 20.4. The number of carbonyl (C=O) groups is 3. The van der Waals surface area contributed by atoms with E-state index in [1.54, 1.807) is 30.9 Å². The fourth-order valence-corrected chi connectivity index (χ4v) is 8.02. The molecule has 60 heavy (non-hydrogen) atoms. The molecule has 13 nitrogen and oxygen atoms in total. The van der Waals surface area contributed by atoms with Crippen molar-refractivity contribution < 1.29 is 28.2 Å². The predicted octanol–water partition coefficient (Wildman–Crippen LogP) is 7.20. The highest BCUT2D eigenvalue weighted by Gasteiger charge is 2.32. The van der Waals surface area contributed by atoms with Crippen molar-refractivity contribution in [1.82, 2.24) is 35.2 Å². The number of benzene rings is 2. The second-order valence-electron chi connectivity index (χ2n) is 17.8. The highest BCUT2D eigenvalue weighted by atomic mass is 19.1. The lowest BCUT2D eigenvalue weighted by molar-refractivity contribution is -0.134. The number of nitrogens with one attached hydrogen (secondary N) is 3. The number of carbonyl (C=O) groups excluding carboxylic acids is 3. The zero-order valence-electron chi connectivity index (χ0n) is 36.6. The lowest BCUT2D eigenvalue weighted by atomic mass is 9.87. The number of amides is 3. The zero-order valence-corrected chi connectivity index (χ0v) is 36.6. The molecule has 1 atom stereocenters. The van der Waals surface area contributed by atoms with Crippen LogP contribution < -0.4 is 16.0 Å². The van der Waals surface area contributed by atoms with Gasteiger partial charge in [-0.1, -0.05) is 45.0 Å². The first kappa shape index (κ1) is 44.5. The molecular weight excluding hydrogens is 764 g/mol. The molecule has 324 valence electrons. The van der Waals surface area contributed by atoms with Crippen LogP contribution in [0, 0.1) is 11.2 Å². The van der Waals surface area contributed by atoms with Gasteiger partial charge in [0.15, 0.2) is 5.65 Å². The second-order valence-corrected chi connectivity index (χ2v) is 17.8. The lowest BCUT2D eigenvalue weighted by Gasteiger charge is -2.40. The monoisotopic (exact) mass is 826 g/mol. The van der Waals surface area contributed by atoms with Gasteiger partial charge in [0.1, 0.15) is 11.4 Å². The molecule has 0 unspecified atom stereocenters. The van der Waals surface area contributed by atoms with Crippen molar-refractivity contribution in [3.8, 4) is 11.1 Å². The molecule has 4 aromatic rings. The first-order chi connectivity index (χ1) is 28.5. The van der Waals surface area contributed by atoms with Crippen LogP contribution in [0.2, 0.25) is 0 Å². The molecule has 0 saturated carbocycles. The van der Waals surface area contributed by atoms with E-state index < -0.39 is 11.0 Å². The third-order valence-electron chi connectivity index (χ3n) is 11.3. The second kappa shape index (κ2) is 19.1. The summed E-state index contributed by atoms with van der Waals surface area (Å²) in [7, 11) is 0. The summed E-state index contributed by atoms with van der Waals surface area (Å²) in [4.78, 5) is 48.8. The number of halogens is 1. The van der Waals surface area contributed by atoms with E-state index in [4.69, 9.17) is 14.5 Å².